The van der Waals surface area contributed by atoms with Crippen molar-refractivity contribution in [2.45, 2.75) is 6.92 Å². The van der Waals surface area contributed by atoms with Crippen LogP contribution in [-0.2, 0) is 0 Å². The topological polar surface area (TPSA) is 84.1 Å². The number of rotatable bonds is 4. The van der Waals surface area contributed by atoms with Crippen molar-refractivity contribution in [1.29, 1.82) is 0 Å². The van der Waals surface area contributed by atoms with Crippen LogP contribution >= 0.6 is 0 Å². The minimum atomic E-state index is -0.544. The number of H-pyrrole nitrogens is 1. The fourth-order valence-electron chi connectivity index (χ4n) is 2.41. The molecule has 0 bridgehead atoms. The number of amides is 1. The van der Waals surface area contributed by atoms with Gasteiger partial charge in [-0.3, -0.25) is 9.59 Å². The fraction of sp³-hybridized carbons (Fsp3) is 0.105. The second kappa shape index (κ2) is 7.00. The molecule has 0 aliphatic carbocycles. The van der Waals surface area contributed by atoms with E-state index >= 15 is 0 Å². The number of nitrogens with one attached hydrogen (secondary N) is 2. The molecule has 0 unspecified atom stereocenters. The predicted molar refractivity (Wildman–Crippen MR) is 96.0 cm³/mol. The van der Waals surface area contributed by atoms with E-state index in [0.29, 0.717) is 17.3 Å². The molecule has 2 aromatic carbocycles. The summed E-state index contributed by atoms with van der Waals surface area (Å²) in [5.74, 6) is 0.386. The molecule has 6 heteroatoms. The first-order valence-electron chi connectivity index (χ1n) is 7.69. The first-order chi connectivity index (χ1) is 12.1. The highest BCUT2D eigenvalue weighted by molar-refractivity contribution is 6.04. The number of nitrogens with zero attached hydrogens (tertiary/aromatic N) is 1. The van der Waals surface area contributed by atoms with E-state index in [1.807, 2.05) is 43.3 Å². The van der Waals surface area contributed by atoms with Gasteiger partial charge >= 0.3 is 0 Å². The molecule has 126 valence electrons. The summed E-state index contributed by atoms with van der Waals surface area (Å²) < 4.78 is 5.23. The van der Waals surface area contributed by atoms with Gasteiger partial charge in [0, 0.05) is 11.8 Å². The molecule has 3 aromatic rings. The van der Waals surface area contributed by atoms with Crippen molar-refractivity contribution in [3.05, 3.63) is 76.2 Å². The van der Waals surface area contributed by atoms with Crippen LogP contribution in [0.15, 0.2) is 59.5 Å². The average Bonchev–Trinajstić information content (AvgIpc) is 2.62. The highest BCUT2D eigenvalue weighted by Crippen LogP contribution is 2.25. The minimum Gasteiger partial charge on any atom is -0.495 e. The van der Waals surface area contributed by atoms with Gasteiger partial charge in [-0.2, -0.15) is 0 Å². The first-order valence-corrected chi connectivity index (χ1v) is 7.69. The zero-order chi connectivity index (χ0) is 17.8. The number of carbonyl (C=O) groups excluding carboxylic acids is 1. The van der Waals surface area contributed by atoms with E-state index in [1.54, 1.807) is 12.1 Å². The molecular formula is C19H17N3O3. The molecule has 1 aromatic heterocycles. The molecular weight excluding hydrogens is 318 g/mol. The number of hydrogen-bond donors (Lipinski definition) is 2. The van der Waals surface area contributed by atoms with Crippen LogP contribution in [0.25, 0.3) is 11.4 Å². The lowest BCUT2D eigenvalue weighted by Gasteiger charge is -2.11. The minimum absolute atomic E-state index is 0.0664. The summed E-state index contributed by atoms with van der Waals surface area (Å²) in [4.78, 5) is 31.5. The van der Waals surface area contributed by atoms with Gasteiger partial charge in [-0.05, 0) is 24.6 Å². The van der Waals surface area contributed by atoms with Gasteiger partial charge in [-0.25, -0.2) is 4.98 Å². The van der Waals surface area contributed by atoms with Crippen molar-refractivity contribution in [3.63, 3.8) is 0 Å². The molecule has 0 saturated carbocycles. The third-order valence-electron chi connectivity index (χ3n) is 3.69. The van der Waals surface area contributed by atoms with Crippen molar-refractivity contribution in [1.82, 2.24) is 9.97 Å². The van der Waals surface area contributed by atoms with Gasteiger partial charge in [0.1, 0.15) is 17.1 Å². The van der Waals surface area contributed by atoms with Crippen molar-refractivity contribution < 1.29 is 9.53 Å². The standard InChI is InChI=1S/C19H17N3O3/c1-12-8-9-16(25-2)15(10-12)21-18(23)14-11-20-17(22-19(14)24)13-6-4-3-5-7-13/h3-11H,1-2H3,(H,21,23)(H,20,22,24). The Labute approximate surface area is 144 Å². The van der Waals surface area contributed by atoms with E-state index in [-0.39, 0.29) is 5.56 Å². The summed E-state index contributed by atoms with van der Waals surface area (Å²) in [6.07, 6.45) is 1.28. The van der Waals surface area contributed by atoms with Crippen LogP contribution in [0, 0.1) is 6.92 Å². The maximum Gasteiger partial charge on any atom is 0.264 e. The van der Waals surface area contributed by atoms with Crippen molar-refractivity contribution in [2.75, 3.05) is 12.4 Å². The van der Waals surface area contributed by atoms with E-state index in [9.17, 15) is 9.59 Å². The number of carbonyl (C=O) groups is 1. The normalized spacial score (nSPS) is 10.3. The summed E-state index contributed by atoms with van der Waals surface area (Å²) in [5.41, 5.74) is 1.66. The predicted octanol–water partition coefficient (Wildman–Crippen LogP) is 3.01. The molecule has 3 rings (SSSR count). The lowest BCUT2D eigenvalue weighted by atomic mass is 10.2. The monoisotopic (exact) mass is 335 g/mol. The van der Waals surface area contributed by atoms with Crippen LogP contribution in [0.2, 0.25) is 0 Å². The smallest absolute Gasteiger partial charge is 0.264 e. The van der Waals surface area contributed by atoms with Crippen LogP contribution in [0.4, 0.5) is 5.69 Å². The molecule has 25 heavy (non-hydrogen) atoms. The Morgan fingerprint density at radius 1 is 1.16 bits per heavy atom. The summed E-state index contributed by atoms with van der Waals surface area (Å²) in [5, 5.41) is 2.69. The first kappa shape index (κ1) is 16.4. The summed E-state index contributed by atoms with van der Waals surface area (Å²) in [6.45, 7) is 1.90. The Bertz CT molecular complexity index is 965. The molecule has 0 saturated heterocycles. The van der Waals surface area contributed by atoms with E-state index in [2.05, 4.69) is 15.3 Å². The molecule has 0 spiro atoms. The Balaban J connectivity index is 1.89. The van der Waals surface area contributed by atoms with Crippen molar-refractivity contribution in [2.24, 2.45) is 0 Å². The van der Waals surface area contributed by atoms with Gasteiger partial charge in [0.05, 0.1) is 12.8 Å². The van der Waals surface area contributed by atoms with Gasteiger partial charge in [0.25, 0.3) is 11.5 Å². The average molecular weight is 335 g/mol. The summed E-state index contributed by atoms with van der Waals surface area (Å²) >= 11 is 0. The number of anilines is 1. The summed E-state index contributed by atoms with van der Waals surface area (Å²) in [6, 6.07) is 14.6. The number of ether oxygens (including phenoxy) is 1. The number of hydrogen-bond acceptors (Lipinski definition) is 4. The van der Waals surface area contributed by atoms with Crippen molar-refractivity contribution >= 4 is 11.6 Å². The molecule has 6 nitrogen and oxygen atoms in total. The highest BCUT2D eigenvalue weighted by Gasteiger charge is 2.15. The van der Waals surface area contributed by atoms with Gasteiger partial charge in [0.15, 0.2) is 0 Å². The van der Waals surface area contributed by atoms with Crippen LogP contribution in [-0.4, -0.2) is 23.0 Å². The number of methoxy groups -OCH3 is 1. The van der Waals surface area contributed by atoms with Crippen LogP contribution in [0.5, 0.6) is 5.75 Å². The molecule has 0 atom stereocenters. The third kappa shape index (κ3) is 3.58. The van der Waals surface area contributed by atoms with E-state index < -0.39 is 11.5 Å². The van der Waals surface area contributed by atoms with E-state index in [4.69, 9.17) is 4.74 Å². The largest absolute Gasteiger partial charge is 0.495 e. The fourth-order valence-corrected chi connectivity index (χ4v) is 2.41. The van der Waals surface area contributed by atoms with Crippen molar-refractivity contribution in [3.8, 4) is 17.1 Å². The Morgan fingerprint density at radius 3 is 2.60 bits per heavy atom. The number of aromatic amines is 1. The maximum absolute atomic E-state index is 12.4. The van der Waals surface area contributed by atoms with Crippen LogP contribution in [0.3, 0.4) is 0 Å². The lowest BCUT2D eigenvalue weighted by molar-refractivity contribution is 0.102. The van der Waals surface area contributed by atoms with Crippen LogP contribution < -0.4 is 15.6 Å². The second-order valence-electron chi connectivity index (χ2n) is 5.50. The number of aromatic nitrogens is 2. The SMILES string of the molecule is COc1ccc(C)cc1NC(=O)c1cnc(-c2ccccc2)[nH]c1=O. The van der Waals surface area contributed by atoms with Gasteiger partial charge in [0.2, 0.25) is 0 Å². The van der Waals surface area contributed by atoms with Gasteiger partial charge in [-0.15, -0.1) is 0 Å². The molecule has 0 aliphatic heterocycles. The lowest BCUT2D eigenvalue weighted by Crippen LogP contribution is -2.24. The summed E-state index contributed by atoms with van der Waals surface area (Å²) in [7, 11) is 1.52. The quantitative estimate of drug-likeness (QED) is 0.767. The number of aryl methyl sites for hydroxylation is 1. The number of benzene rings is 2. The van der Waals surface area contributed by atoms with E-state index in [0.717, 1.165) is 11.1 Å². The zero-order valence-corrected chi connectivity index (χ0v) is 13.9. The molecule has 1 amide bonds. The Hall–Kier alpha value is -3.41. The molecule has 1 heterocycles. The molecule has 0 aliphatic rings. The maximum atomic E-state index is 12.4. The Kier molecular flexibility index (Phi) is 4.61. The van der Waals surface area contributed by atoms with Gasteiger partial charge in [-0.1, -0.05) is 36.4 Å². The van der Waals surface area contributed by atoms with E-state index in [1.165, 1.54) is 13.3 Å². The highest BCUT2D eigenvalue weighted by atomic mass is 16.5. The Morgan fingerprint density at radius 2 is 1.92 bits per heavy atom. The second-order valence-corrected chi connectivity index (χ2v) is 5.50. The van der Waals surface area contributed by atoms with Crippen LogP contribution in [0.1, 0.15) is 15.9 Å². The molecule has 0 fully saturated rings. The molecule has 0 radical (unpaired) electrons. The zero-order valence-electron chi connectivity index (χ0n) is 13.9. The van der Waals surface area contributed by atoms with Gasteiger partial charge < -0.3 is 15.0 Å². The third-order valence-corrected chi connectivity index (χ3v) is 3.69. The molecule has 2 N–H and O–H groups in total.